The lowest BCUT2D eigenvalue weighted by Crippen LogP contribution is -2.26. The summed E-state index contributed by atoms with van der Waals surface area (Å²) in [6.45, 7) is 2.09. The molecule has 0 radical (unpaired) electrons. The molecule has 12 heavy (non-hydrogen) atoms. The van der Waals surface area contributed by atoms with E-state index in [0.29, 0.717) is 6.10 Å². The molecule has 2 heteroatoms. The molecule has 2 nitrogen and oxygen atoms in total. The SMILES string of the molecule is CC1CCC(C(O)CC2CC2)O1. The van der Waals surface area contributed by atoms with Crippen LogP contribution in [-0.4, -0.2) is 23.4 Å². The predicted molar refractivity (Wildman–Crippen MR) is 46.9 cm³/mol. The van der Waals surface area contributed by atoms with E-state index in [0.717, 1.165) is 25.2 Å². The maximum atomic E-state index is 9.75. The molecule has 0 spiro atoms. The molecular weight excluding hydrogens is 152 g/mol. The monoisotopic (exact) mass is 170 g/mol. The third-order valence-corrected chi connectivity index (χ3v) is 2.97. The van der Waals surface area contributed by atoms with E-state index in [9.17, 15) is 5.11 Å². The van der Waals surface area contributed by atoms with E-state index in [-0.39, 0.29) is 12.2 Å². The quantitative estimate of drug-likeness (QED) is 0.698. The normalized spacial score (nSPS) is 38.5. The molecule has 2 fully saturated rings. The maximum Gasteiger partial charge on any atom is 0.0838 e. The Hall–Kier alpha value is -0.0800. The highest BCUT2D eigenvalue weighted by Crippen LogP contribution is 2.36. The van der Waals surface area contributed by atoms with Crippen molar-refractivity contribution in [3.8, 4) is 0 Å². The first-order chi connectivity index (χ1) is 5.75. The first-order valence-corrected chi connectivity index (χ1v) is 5.09. The minimum atomic E-state index is -0.192. The van der Waals surface area contributed by atoms with Crippen LogP contribution in [0.25, 0.3) is 0 Å². The molecule has 70 valence electrons. The molecule has 1 aliphatic heterocycles. The van der Waals surface area contributed by atoms with Crippen molar-refractivity contribution in [2.24, 2.45) is 5.92 Å². The van der Waals surface area contributed by atoms with Crippen molar-refractivity contribution in [1.82, 2.24) is 0 Å². The van der Waals surface area contributed by atoms with Crippen LogP contribution in [0.4, 0.5) is 0 Å². The van der Waals surface area contributed by atoms with Crippen LogP contribution in [-0.2, 0) is 4.74 Å². The Bertz CT molecular complexity index is 154. The molecule has 0 aromatic carbocycles. The molecule has 1 saturated carbocycles. The molecule has 1 heterocycles. The Morgan fingerprint density at radius 2 is 2.08 bits per heavy atom. The smallest absolute Gasteiger partial charge is 0.0838 e. The van der Waals surface area contributed by atoms with Gasteiger partial charge in [-0.1, -0.05) is 12.8 Å². The first kappa shape index (κ1) is 8.52. The summed E-state index contributed by atoms with van der Waals surface area (Å²) in [6, 6.07) is 0. The zero-order valence-electron chi connectivity index (χ0n) is 7.70. The Morgan fingerprint density at radius 1 is 1.33 bits per heavy atom. The maximum absolute atomic E-state index is 9.75. The topological polar surface area (TPSA) is 29.5 Å². The molecule has 0 aromatic heterocycles. The summed E-state index contributed by atoms with van der Waals surface area (Å²) in [4.78, 5) is 0. The summed E-state index contributed by atoms with van der Waals surface area (Å²) in [5.41, 5.74) is 0. The van der Waals surface area contributed by atoms with Gasteiger partial charge in [-0.05, 0) is 32.1 Å². The van der Waals surface area contributed by atoms with Gasteiger partial charge in [0.25, 0.3) is 0 Å². The highest BCUT2D eigenvalue weighted by atomic mass is 16.5. The van der Waals surface area contributed by atoms with Crippen molar-refractivity contribution in [2.45, 2.75) is 57.3 Å². The van der Waals surface area contributed by atoms with E-state index in [4.69, 9.17) is 4.74 Å². The summed E-state index contributed by atoms with van der Waals surface area (Å²) in [6.07, 6.45) is 6.09. The standard InChI is InChI=1S/C10H18O2/c1-7-2-5-10(12-7)9(11)6-8-3-4-8/h7-11H,2-6H2,1H3. The Morgan fingerprint density at radius 3 is 2.58 bits per heavy atom. The highest BCUT2D eigenvalue weighted by Gasteiger charge is 2.32. The lowest BCUT2D eigenvalue weighted by atomic mass is 10.0. The average Bonchev–Trinajstić information content (AvgIpc) is 2.72. The molecule has 1 saturated heterocycles. The second kappa shape index (κ2) is 3.35. The fourth-order valence-electron chi connectivity index (χ4n) is 1.96. The molecule has 2 aliphatic rings. The van der Waals surface area contributed by atoms with Gasteiger partial charge in [-0.15, -0.1) is 0 Å². The number of ether oxygens (including phenoxy) is 1. The van der Waals surface area contributed by atoms with Gasteiger partial charge in [0.2, 0.25) is 0 Å². The average molecular weight is 170 g/mol. The lowest BCUT2D eigenvalue weighted by Gasteiger charge is -2.17. The van der Waals surface area contributed by atoms with E-state index in [2.05, 4.69) is 6.92 Å². The summed E-state index contributed by atoms with van der Waals surface area (Å²) >= 11 is 0. The van der Waals surface area contributed by atoms with E-state index in [1.165, 1.54) is 12.8 Å². The second-order valence-corrected chi connectivity index (χ2v) is 4.31. The van der Waals surface area contributed by atoms with Crippen LogP contribution in [0.2, 0.25) is 0 Å². The summed E-state index contributed by atoms with van der Waals surface area (Å²) in [7, 11) is 0. The van der Waals surface area contributed by atoms with Crippen LogP contribution in [0.15, 0.2) is 0 Å². The van der Waals surface area contributed by atoms with Gasteiger partial charge in [0.1, 0.15) is 0 Å². The molecule has 3 unspecified atom stereocenters. The molecule has 1 aliphatic carbocycles. The molecule has 0 amide bonds. The molecule has 0 aromatic rings. The van der Waals surface area contributed by atoms with Gasteiger partial charge >= 0.3 is 0 Å². The lowest BCUT2D eigenvalue weighted by molar-refractivity contribution is -0.0334. The largest absolute Gasteiger partial charge is 0.390 e. The molecule has 3 atom stereocenters. The number of hydrogen-bond donors (Lipinski definition) is 1. The highest BCUT2D eigenvalue weighted by molar-refractivity contribution is 4.83. The van der Waals surface area contributed by atoms with Gasteiger partial charge in [-0.2, -0.15) is 0 Å². The van der Waals surface area contributed by atoms with Crippen LogP contribution in [0.5, 0.6) is 0 Å². The van der Waals surface area contributed by atoms with Gasteiger partial charge in [0.05, 0.1) is 18.3 Å². The molecular formula is C10H18O2. The van der Waals surface area contributed by atoms with Crippen LogP contribution in [0.3, 0.4) is 0 Å². The Balaban J connectivity index is 1.74. The minimum Gasteiger partial charge on any atom is -0.390 e. The summed E-state index contributed by atoms with van der Waals surface area (Å²) in [5, 5.41) is 9.75. The third-order valence-electron chi connectivity index (χ3n) is 2.97. The zero-order chi connectivity index (χ0) is 8.55. The van der Waals surface area contributed by atoms with Gasteiger partial charge in [-0.3, -0.25) is 0 Å². The van der Waals surface area contributed by atoms with E-state index < -0.39 is 0 Å². The minimum absolute atomic E-state index is 0.139. The number of hydrogen-bond acceptors (Lipinski definition) is 2. The van der Waals surface area contributed by atoms with Gasteiger partial charge in [0.15, 0.2) is 0 Å². The van der Waals surface area contributed by atoms with Gasteiger partial charge in [-0.25, -0.2) is 0 Å². The van der Waals surface area contributed by atoms with Crippen molar-refractivity contribution < 1.29 is 9.84 Å². The van der Waals surface area contributed by atoms with Crippen LogP contribution in [0.1, 0.15) is 39.0 Å². The van der Waals surface area contributed by atoms with Crippen molar-refractivity contribution in [2.75, 3.05) is 0 Å². The Kier molecular flexibility index (Phi) is 2.37. The van der Waals surface area contributed by atoms with Crippen molar-refractivity contribution in [1.29, 1.82) is 0 Å². The van der Waals surface area contributed by atoms with Crippen LogP contribution >= 0.6 is 0 Å². The summed E-state index contributed by atoms with van der Waals surface area (Å²) in [5.74, 6) is 0.805. The van der Waals surface area contributed by atoms with Gasteiger partial charge in [0, 0.05) is 0 Å². The summed E-state index contributed by atoms with van der Waals surface area (Å²) < 4.78 is 5.60. The van der Waals surface area contributed by atoms with Crippen LogP contribution < -0.4 is 0 Å². The zero-order valence-corrected chi connectivity index (χ0v) is 7.70. The number of aliphatic hydroxyl groups is 1. The van der Waals surface area contributed by atoms with Crippen molar-refractivity contribution >= 4 is 0 Å². The second-order valence-electron chi connectivity index (χ2n) is 4.31. The fraction of sp³-hybridized carbons (Fsp3) is 1.00. The number of rotatable bonds is 3. The third kappa shape index (κ3) is 1.99. The molecule has 2 rings (SSSR count). The van der Waals surface area contributed by atoms with Crippen molar-refractivity contribution in [3.05, 3.63) is 0 Å². The number of aliphatic hydroxyl groups excluding tert-OH is 1. The van der Waals surface area contributed by atoms with Crippen LogP contribution in [0, 0.1) is 5.92 Å². The molecule has 1 N–H and O–H groups in total. The molecule has 0 bridgehead atoms. The van der Waals surface area contributed by atoms with Crippen molar-refractivity contribution in [3.63, 3.8) is 0 Å². The Labute approximate surface area is 73.9 Å². The fourth-order valence-corrected chi connectivity index (χ4v) is 1.96. The van der Waals surface area contributed by atoms with E-state index in [1.807, 2.05) is 0 Å². The van der Waals surface area contributed by atoms with E-state index >= 15 is 0 Å². The predicted octanol–water partition coefficient (Wildman–Crippen LogP) is 1.71. The van der Waals surface area contributed by atoms with Gasteiger partial charge < -0.3 is 9.84 Å². The first-order valence-electron chi connectivity index (χ1n) is 5.09. The van der Waals surface area contributed by atoms with E-state index in [1.54, 1.807) is 0 Å².